The first-order valence-electron chi connectivity index (χ1n) is 5.03. The quantitative estimate of drug-likeness (QED) is 0.401. The number of imidazole rings is 1. The number of nitrogens with one attached hydrogen (secondary N) is 2. The lowest BCUT2D eigenvalue weighted by Gasteiger charge is -2.08. The lowest BCUT2D eigenvalue weighted by Crippen LogP contribution is -2.17. The zero-order valence-corrected chi connectivity index (χ0v) is 9.05. The second-order valence-corrected chi connectivity index (χ2v) is 3.42. The highest BCUT2D eigenvalue weighted by Gasteiger charge is 2.06. The number of nitrogens with two attached hydrogens (primary N) is 2. The fourth-order valence-electron chi connectivity index (χ4n) is 1.42. The molecule has 0 aliphatic carbocycles. The molecule has 6 N–H and O–H groups in total. The van der Waals surface area contributed by atoms with E-state index in [1.54, 1.807) is 23.0 Å². The van der Waals surface area contributed by atoms with Crippen LogP contribution in [0.4, 0.5) is 11.6 Å². The monoisotopic (exact) mass is 235 g/mol. The van der Waals surface area contributed by atoms with Crippen LogP contribution >= 0.6 is 0 Å². The molecule has 8 heteroatoms. The van der Waals surface area contributed by atoms with E-state index in [-0.39, 0.29) is 12.3 Å². The van der Waals surface area contributed by atoms with Crippen molar-refractivity contribution < 1.29 is 4.79 Å². The Morgan fingerprint density at radius 2 is 2.35 bits per heavy atom. The first kappa shape index (κ1) is 11.1. The Labute approximate surface area is 97.0 Å². The van der Waals surface area contributed by atoms with E-state index >= 15 is 0 Å². The van der Waals surface area contributed by atoms with Gasteiger partial charge >= 0.3 is 0 Å². The molecule has 0 aromatic carbocycles. The first-order chi connectivity index (χ1) is 8.20. The van der Waals surface area contributed by atoms with Gasteiger partial charge in [-0.15, -0.1) is 0 Å². The highest BCUT2D eigenvalue weighted by atomic mass is 16.1. The van der Waals surface area contributed by atoms with Crippen LogP contribution in [0.3, 0.4) is 0 Å². The molecule has 90 valence electrons. The molecule has 2 aromatic rings. The standard InChI is InChI=1S/C9H13N7O/c10-6(17)1-2-12-8-9-13-3-4-16(9)5-7(14-8)15-11/h3-5,15H,1-2,11H2,(H2,10,17)(H,12,14). The first-order valence-corrected chi connectivity index (χ1v) is 5.03. The van der Waals surface area contributed by atoms with Crippen molar-refractivity contribution in [1.82, 2.24) is 14.4 Å². The summed E-state index contributed by atoms with van der Waals surface area (Å²) < 4.78 is 1.77. The summed E-state index contributed by atoms with van der Waals surface area (Å²) in [4.78, 5) is 19.0. The van der Waals surface area contributed by atoms with Gasteiger partial charge in [0.2, 0.25) is 5.91 Å². The van der Waals surface area contributed by atoms with Crippen LogP contribution in [0.15, 0.2) is 18.6 Å². The van der Waals surface area contributed by atoms with Gasteiger partial charge in [0.05, 0.1) is 6.20 Å². The largest absolute Gasteiger partial charge is 0.370 e. The number of fused-ring (bicyclic) bond motifs is 1. The SMILES string of the molecule is NNc1cn2ccnc2c(NCCC(N)=O)n1. The number of primary amides is 1. The van der Waals surface area contributed by atoms with Gasteiger partial charge in [0.15, 0.2) is 17.3 Å². The lowest BCUT2D eigenvalue weighted by molar-refractivity contribution is -0.117. The molecule has 0 unspecified atom stereocenters. The summed E-state index contributed by atoms with van der Waals surface area (Å²) in [5.74, 6) is 5.98. The lowest BCUT2D eigenvalue weighted by atomic mass is 10.4. The average molecular weight is 235 g/mol. The van der Waals surface area contributed by atoms with Crippen LogP contribution in [0, 0.1) is 0 Å². The summed E-state index contributed by atoms with van der Waals surface area (Å²) >= 11 is 0. The second-order valence-electron chi connectivity index (χ2n) is 3.42. The Morgan fingerprint density at radius 1 is 1.53 bits per heavy atom. The number of hydrogen-bond donors (Lipinski definition) is 4. The maximum absolute atomic E-state index is 10.6. The van der Waals surface area contributed by atoms with E-state index in [0.29, 0.717) is 23.8 Å². The van der Waals surface area contributed by atoms with Crippen LogP contribution < -0.4 is 22.3 Å². The third-order valence-corrected chi connectivity index (χ3v) is 2.19. The van der Waals surface area contributed by atoms with Gasteiger partial charge in [-0.2, -0.15) is 0 Å². The molecule has 0 spiro atoms. The summed E-state index contributed by atoms with van der Waals surface area (Å²) in [6.45, 7) is 0.402. The minimum atomic E-state index is -0.370. The number of hydrogen-bond acceptors (Lipinski definition) is 6. The molecule has 0 aliphatic heterocycles. The summed E-state index contributed by atoms with van der Waals surface area (Å²) in [5, 5.41) is 2.99. The number of rotatable bonds is 5. The van der Waals surface area contributed by atoms with Crippen LogP contribution in [0.2, 0.25) is 0 Å². The van der Waals surface area contributed by atoms with Crippen LogP contribution in [-0.4, -0.2) is 26.8 Å². The molecule has 2 heterocycles. The predicted molar refractivity (Wildman–Crippen MR) is 63.1 cm³/mol. The highest BCUT2D eigenvalue weighted by Crippen LogP contribution is 2.15. The molecule has 0 saturated heterocycles. The Kier molecular flexibility index (Phi) is 3.06. The topological polar surface area (TPSA) is 123 Å². The van der Waals surface area contributed by atoms with Gasteiger partial charge in [-0.1, -0.05) is 0 Å². The minimum Gasteiger partial charge on any atom is -0.370 e. The summed E-state index contributed by atoms with van der Waals surface area (Å²) in [6.07, 6.45) is 5.37. The van der Waals surface area contributed by atoms with Crippen molar-refractivity contribution in [2.45, 2.75) is 6.42 Å². The van der Waals surface area contributed by atoms with Crippen molar-refractivity contribution in [3.05, 3.63) is 18.6 Å². The van der Waals surface area contributed by atoms with Crippen molar-refractivity contribution in [3.63, 3.8) is 0 Å². The fraction of sp³-hybridized carbons (Fsp3) is 0.222. The van der Waals surface area contributed by atoms with Crippen molar-refractivity contribution in [2.75, 3.05) is 17.3 Å². The molecule has 1 amide bonds. The van der Waals surface area contributed by atoms with E-state index in [0.717, 1.165) is 0 Å². The third kappa shape index (κ3) is 2.42. The average Bonchev–Trinajstić information content (AvgIpc) is 2.76. The van der Waals surface area contributed by atoms with E-state index in [1.165, 1.54) is 0 Å². The molecule has 2 rings (SSSR count). The van der Waals surface area contributed by atoms with Crippen LogP contribution in [0.25, 0.3) is 5.65 Å². The number of anilines is 2. The Bertz CT molecular complexity index is 535. The number of aromatic nitrogens is 3. The van der Waals surface area contributed by atoms with Gasteiger partial charge in [0.1, 0.15) is 0 Å². The maximum atomic E-state index is 10.6. The van der Waals surface area contributed by atoms with E-state index in [9.17, 15) is 4.79 Å². The molecular formula is C9H13N7O. The molecule has 0 aliphatic rings. The molecule has 8 nitrogen and oxygen atoms in total. The zero-order valence-electron chi connectivity index (χ0n) is 9.05. The van der Waals surface area contributed by atoms with Gasteiger partial charge in [0, 0.05) is 25.4 Å². The Balaban J connectivity index is 2.24. The number of nitrogen functional groups attached to an aromatic ring is 1. The molecule has 0 bridgehead atoms. The van der Waals surface area contributed by atoms with Gasteiger partial charge in [-0.25, -0.2) is 15.8 Å². The van der Waals surface area contributed by atoms with Crippen molar-refractivity contribution in [3.8, 4) is 0 Å². The van der Waals surface area contributed by atoms with Crippen molar-refractivity contribution in [1.29, 1.82) is 0 Å². The van der Waals surface area contributed by atoms with E-state index < -0.39 is 0 Å². The molecular weight excluding hydrogens is 222 g/mol. The predicted octanol–water partition coefficient (Wildman–Crippen LogP) is -0.698. The fourth-order valence-corrected chi connectivity index (χ4v) is 1.42. The van der Waals surface area contributed by atoms with Gasteiger partial charge in [-0.05, 0) is 0 Å². The van der Waals surface area contributed by atoms with E-state index in [1.807, 2.05) is 0 Å². The number of carbonyl (C=O) groups is 1. The minimum absolute atomic E-state index is 0.231. The second kappa shape index (κ2) is 4.66. The number of hydrazine groups is 1. The summed E-state index contributed by atoms with van der Waals surface area (Å²) in [7, 11) is 0. The van der Waals surface area contributed by atoms with E-state index in [4.69, 9.17) is 11.6 Å². The normalized spacial score (nSPS) is 10.4. The summed E-state index contributed by atoms with van der Waals surface area (Å²) in [6, 6.07) is 0. The van der Waals surface area contributed by atoms with Crippen LogP contribution in [0.1, 0.15) is 6.42 Å². The van der Waals surface area contributed by atoms with Crippen molar-refractivity contribution in [2.24, 2.45) is 11.6 Å². The van der Waals surface area contributed by atoms with Gasteiger partial charge in [-0.3, -0.25) is 4.79 Å². The number of carbonyl (C=O) groups excluding carboxylic acids is 1. The molecule has 0 atom stereocenters. The van der Waals surface area contributed by atoms with Gasteiger partial charge in [0.25, 0.3) is 0 Å². The van der Waals surface area contributed by atoms with E-state index in [2.05, 4.69) is 20.7 Å². The van der Waals surface area contributed by atoms with Crippen LogP contribution in [0.5, 0.6) is 0 Å². The molecule has 0 fully saturated rings. The van der Waals surface area contributed by atoms with Gasteiger partial charge < -0.3 is 20.9 Å². The molecule has 0 radical (unpaired) electrons. The number of amides is 1. The molecule has 0 saturated carbocycles. The van der Waals surface area contributed by atoms with Crippen LogP contribution in [-0.2, 0) is 4.79 Å². The maximum Gasteiger partial charge on any atom is 0.219 e. The Morgan fingerprint density at radius 3 is 3.06 bits per heavy atom. The third-order valence-electron chi connectivity index (χ3n) is 2.19. The highest BCUT2D eigenvalue weighted by molar-refractivity contribution is 5.74. The number of nitrogens with zero attached hydrogens (tertiary/aromatic N) is 3. The smallest absolute Gasteiger partial charge is 0.219 e. The molecule has 2 aromatic heterocycles. The zero-order chi connectivity index (χ0) is 12.3. The van der Waals surface area contributed by atoms with Crippen molar-refractivity contribution >= 4 is 23.2 Å². The molecule has 17 heavy (non-hydrogen) atoms. The summed E-state index contributed by atoms with van der Waals surface area (Å²) in [5.41, 5.74) is 8.17. The Hall–Kier alpha value is -2.35.